The zero-order valence-corrected chi connectivity index (χ0v) is 12.6. The van der Waals surface area contributed by atoms with Gasteiger partial charge < -0.3 is 15.0 Å². The van der Waals surface area contributed by atoms with Crippen LogP contribution < -0.4 is 10.2 Å². The summed E-state index contributed by atoms with van der Waals surface area (Å²) in [4.78, 5) is 2.44. The first-order valence-electron chi connectivity index (χ1n) is 7.08. The minimum Gasteiger partial charge on any atom is -0.383 e. The molecule has 0 radical (unpaired) electrons. The summed E-state index contributed by atoms with van der Waals surface area (Å²) in [6, 6.07) is 9.43. The lowest BCUT2D eigenvalue weighted by Gasteiger charge is -2.35. The van der Waals surface area contributed by atoms with Crippen LogP contribution in [0.25, 0.3) is 0 Å². The van der Waals surface area contributed by atoms with E-state index in [9.17, 15) is 0 Å². The number of piperazine rings is 1. The molecule has 1 atom stereocenters. The Morgan fingerprint density at radius 2 is 1.95 bits per heavy atom. The molecule has 0 spiro atoms. The Kier molecular flexibility index (Phi) is 4.48. The van der Waals surface area contributed by atoms with E-state index in [2.05, 4.69) is 55.3 Å². The van der Waals surface area contributed by atoms with Crippen LogP contribution in [0.2, 0.25) is 0 Å². The first kappa shape index (κ1) is 14.4. The van der Waals surface area contributed by atoms with Crippen LogP contribution in [-0.4, -0.2) is 39.4 Å². The first-order valence-corrected chi connectivity index (χ1v) is 7.08. The Morgan fingerprint density at radius 1 is 1.26 bits per heavy atom. The predicted octanol–water partition coefficient (Wildman–Crippen LogP) is 2.41. The molecule has 0 amide bonds. The standard InChI is InChI=1S/C16H26N2O/c1-16(2,3)13-5-7-15(8-6-13)18-10-9-17-14(11-18)12-19-4/h5-8,14,17H,9-12H2,1-4H3. The van der Waals surface area contributed by atoms with E-state index in [1.807, 2.05) is 0 Å². The highest BCUT2D eigenvalue weighted by Crippen LogP contribution is 2.25. The highest BCUT2D eigenvalue weighted by atomic mass is 16.5. The van der Waals surface area contributed by atoms with Crippen molar-refractivity contribution in [2.75, 3.05) is 38.3 Å². The molecule has 0 saturated carbocycles. The van der Waals surface area contributed by atoms with Crippen LogP contribution in [0.3, 0.4) is 0 Å². The fourth-order valence-corrected chi connectivity index (χ4v) is 2.55. The summed E-state index contributed by atoms with van der Waals surface area (Å²) in [6.45, 7) is 10.6. The summed E-state index contributed by atoms with van der Waals surface area (Å²) in [5.74, 6) is 0. The lowest BCUT2D eigenvalue weighted by atomic mass is 9.87. The van der Waals surface area contributed by atoms with E-state index in [1.54, 1.807) is 7.11 Å². The number of hydrogen-bond acceptors (Lipinski definition) is 3. The van der Waals surface area contributed by atoms with Gasteiger partial charge in [-0.15, -0.1) is 0 Å². The number of hydrogen-bond donors (Lipinski definition) is 1. The molecule has 1 aromatic rings. The number of methoxy groups -OCH3 is 1. The SMILES string of the molecule is COCC1CN(c2ccc(C(C)(C)C)cc2)CCN1. The molecule has 1 unspecified atom stereocenters. The van der Waals surface area contributed by atoms with Crippen molar-refractivity contribution in [1.29, 1.82) is 0 Å². The highest BCUT2D eigenvalue weighted by molar-refractivity contribution is 5.49. The zero-order chi connectivity index (χ0) is 13.9. The number of rotatable bonds is 3. The molecule has 2 rings (SSSR count). The molecule has 1 fully saturated rings. The molecular formula is C16H26N2O. The van der Waals surface area contributed by atoms with E-state index < -0.39 is 0 Å². The van der Waals surface area contributed by atoms with Crippen molar-refractivity contribution < 1.29 is 4.74 Å². The monoisotopic (exact) mass is 262 g/mol. The third-order valence-electron chi connectivity index (χ3n) is 3.72. The van der Waals surface area contributed by atoms with E-state index in [0.717, 1.165) is 26.2 Å². The van der Waals surface area contributed by atoms with Gasteiger partial charge in [-0.25, -0.2) is 0 Å². The number of ether oxygens (including phenoxy) is 1. The average Bonchev–Trinajstić information content (AvgIpc) is 2.39. The molecule has 1 aromatic carbocycles. The van der Waals surface area contributed by atoms with E-state index >= 15 is 0 Å². The number of nitrogens with one attached hydrogen (secondary N) is 1. The van der Waals surface area contributed by atoms with E-state index in [0.29, 0.717) is 6.04 Å². The van der Waals surface area contributed by atoms with Gasteiger partial charge in [0.2, 0.25) is 0 Å². The molecule has 106 valence electrons. The normalized spacial score (nSPS) is 20.6. The van der Waals surface area contributed by atoms with Gasteiger partial charge in [-0.2, -0.15) is 0 Å². The molecule has 1 N–H and O–H groups in total. The van der Waals surface area contributed by atoms with E-state index in [-0.39, 0.29) is 5.41 Å². The Balaban J connectivity index is 2.05. The van der Waals surface area contributed by atoms with Crippen molar-refractivity contribution in [3.63, 3.8) is 0 Å². The van der Waals surface area contributed by atoms with Gasteiger partial charge in [0.25, 0.3) is 0 Å². The number of anilines is 1. The summed E-state index contributed by atoms with van der Waals surface area (Å²) >= 11 is 0. The van der Waals surface area contributed by atoms with Gasteiger partial charge in [0, 0.05) is 38.5 Å². The lowest BCUT2D eigenvalue weighted by Crippen LogP contribution is -2.52. The second kappa shape index (κ2) is 5.93. The first-order chi connectivity index (χ1) is 9.00. The molecule has 1 saturated heterocycles. The molecule has 0 aromatic heterocycles. The molecular weight excluding hydrogens is 236 g/mol. The Labute approximate surface area is 116 Å². The van der Waals surface area contributed by atoms with Gasteiger partial charge in [0.1, 0.15) is 0 Å². The second-order valence-electron chi connectivity index (χ2n) is 6.35. The topological polar surface area (TPSA) is 24.5 Å². The molecule has 19 heavy (non-hydrogen) atoms. The maximum Gasteiger partial charge on any atom is 0.0633 e. The molecule has 0 aliphatic carbocycles. The van der Waals surface area contributed by atoms with Crippen LogP contribution in [0.15, 0.2) is 24.3 Å². The number of benzene rings is 1. The largest absolute Gasteiger partial charge is 0.383 e. The maximum absolute atomic E-state index is 5.24. The summed E-state index contributed by atoms with van der Waals surface area (Å²) in [5.41, 5.74) is 2.93. The maximum atomic E-state index is 5.24. The molecule has 3 nitrogen and oxygen atoms in total. The molecule has 1 heterocycles. The third-order valence-corrected chi connectivity index (χ3v) is 3.72. The Bertz CT molecular complexity index is 392. The van der Waals surface area contributed by atoms with Crippen molar-refractivity contribution in [2.45, 2.75) is 32.2 Å². The Morgan fingerprint density at radius 3 is 2.53 bits per heavy atom. The van der Waals surface area contributed by atoms with Crippen LogP contribution in [-0.2, 0) is 10.2 Å². The van der Waals surface area contributed by atoms with Gasteiger partial charge in [0.05, 0.1) is 6.61 Å². The van der Waals surface area contributed by atoms with Crippen molar-refractivity contribution in [3.8, 4) is 0 Å². The molecule has 1 aliphatic heterocycles. The third kappa shape index (κ3) is 3.71. The summed E-state index contributed by atoms with van der Waals surface area (Å²) in [5, 5.41) is 3.49. The van der Waals surface area contributed by atoms with Crippen LogP contribution >= 0.6 is 0 Å². The second-order valence-corrected chi connectivity index (χ2v) is 6.35. The van der Waals surface area contributed by atoms with Gasteiger partial charge >= 0.3 is 0 Å². The minimum atomic E-state index is 0.223. The number of nitrogens with zero attached hydrogens (tertiary/aromatic N) is 1. The Hall–Kier alpha value is -1.06. The predicted molar refractivity (Wildman–Crippen MR) is 81.0 cm³/mol. The van der Waals surface area contributed by atoms with Gasteiger partial charge in [-0.1, -0.05) is 32.9 Å². The van der Waals surface area contributed by atoms with E-state index in [4.69, 9.17) is 4.74 Å². The minimum absolute atomic E-state index is 0.223. The molecule has 3 heteroatoms. The quantitative estimate of drug-likeness (QED) is 0.905. The van der Waals surface area contributed by atoms with Crippen LogP contribution in [0, 0.1) is 0 Å². The van der Waals surface area contributed by atoms with Crippen LogP contribution in [0.5, 0.6) is 0 Å². The lowest BCUT2D eigenvalue weighted by molar-refractivity contribution is 0.163. The zero-order valence-electron chi connectivity index (χ0n) is 12.6. The van der Waals surface area contributed by atoms with Crippen LogP contribution in [0.4, 0.5) is 5.69 Å². The molecule has 1 aliphatic rings. The summed E-state index contributed by atoms with van der Waals surface area (Å²) < 4.78 is 5.24. The van der Waals surface area contributed by atoms with Gasteiger partial charge in [-0.3, -0.25) is 0 Å². The van der Waals surface area contributed by atoms with Crippen molar-refractivity contribution in [3.05, 3.63) is 29.8 Å². The molecule has 0 bridgehead atoms. The highest BCUT2D eigenvalue weighted by Gasteiger charge is 2.20. The van der Waals surface area contributed by atoms with Crippen molar-refractivity contribution in [2.24, 2.45) is 0 Å². The average molecular weight is 262 g/mol. The van der Waals surface area contributed by atoms with E-state index in [1.165, 1.54) is 11.3 Å². The fraction of sp³-hybridized carbons (Fsp3) is 0.625. The smallest absolute Gasteiger partial charge is 0.0633 e. The fourth-order valence-electron chi connectivity index (χ4n) is 2.55. The van der Waals surface area contributed by atoms with Gasteiger partial charge in [0.15, 0.2) is 0 Å². The van der Waals surface area contributed by atoms with Crippen LogP contribution in [0.1, 0.15) is 26.3 Å². The summed E-state index contributed by atoms with van der Waals surface area (Å²) in [6.07, 6.45) is 0. The van der Waals surface area contributed by atoms with Crippen molar-refractivity contribution in [1.82, 2.24) is 5.32 Å². The summed E-state index contributed by atoms with van der Waals surface area (Å²) in [7, 11) is 1.76. The van der Waals surface area contributed by atoms with Crippen molar-refractivity contribution >= 4 is 5.69 Å². The van der Waals surface area contributed by atoms with Gasteiger partial charge in [-0.05, 0) is 23.1 Å².